The van der Waals surface area contributed by atoms with Gasteiger partial charge < -0.3 is 0 Å². The van der Waals surface area contributed by atoms with Crippen LogP contribution in [-0.4, -0.2) is 0 Å². The molecule has 1 saturated carbocycles. The molecule has 2 heteroatoms. The average Bonchev–Trinajstić information content (AvgIpc) is 2.86. The first-order valence-corrected chi connectivity index (χ1v) is 14.5. The highest BCUT2D eigenvalue weighted by atomic mass is 19.1. The molecule has 0 radical (unpaired) electrons. The van der Waals surface area contributed by atoms with Crippen molar-refractivity contribution in [3.05, 3.63) is 58.7 Å². The third-order valence-corrected chi connectivity index (χ3v) is 8.28. The first kappa shape index (κ1) is 27.2. The van der Waals surface area contributed by atoms with Crippen LogP contribution in [0.1, 0.15) is 134 Å². The van der Waals surface area contributed by atoms with Crippen LogP contribution in [-0.2, 0) is 6.42 Å². The third kappa shape index (κ3) is 8.35. The molecule has 2 aliphatic rings. The van der Waals surface area contributed by atoms with Gasteiger partial charge in [0, 0.05) is 11.5 Å². The van der Waals surface area contributed by atoms with Gasteiger partial charge in [0.15, 0.2) is 0 Å². The summed E-state index contributed by atoms with van der Waals surface area (Å²) < 4.78 is 29.5. The topological polar surface area (TPSA) is 0 Å². The molecule has 0 aromatic heterocycles. The summed E-state index contributed by atoms with van der Waals surface area (Å²) in [6.07, 6.45) is 27.2. The van der Waals surface area contributed by atoms with Crippen LogP contribution in [0.5, 0.6) is 0 Å². The molecule has 1 aromatic rings. The number of hydrogen-bond donors (Lipinski definition) is 0. The zero-order valence-corrected chi connectivity index (χ0v) is 21.9. The molecule has 1 unspecified atom stereocenters. The summed E-state index contributed by atoms with van der Waals surface area (Å²) in [5.74, 6) is 0.978. The summed E-state index contributed by atoms with van der Waals surface area (Å²) in [5.41, 5.74) is 2.52. The maximum Gasteiger partial charge on any atom is 0.129 e. The van der Waals surface area contributed by atoms with E-state index in [0.717, 1.165) is 37.2 Å². The Morgan fingerprint density at radius 2 is 1.38 bits per heavy atom. The molecule has 1 atom stereocenters. The quantitative estimate of drug-likeness (QED) is 0.237. The van der Waals surface area contributed by atoms with Gasteiger partial charge in [-0.25, -0.2) is 8.78 Å². The molecule has 1 aromatic carbocycles. The van der Waals surface area contributed by atoms with Gasteiger partial charge in [-0.3, -0.25) is 0 Å². The smallest absolute Gasteiger partial charge is 0.129 e. The number of allylic oxidation sites excluding steroid dienone is 4. The molecule has 0 N–H and O–H groups in total. The number of halogens is 2. The standard InChI is InChI=1S/C32H48F2/c1-3-5-7-9-10-12-14-30-31(33)23-29(24-32(30)34)28-21-19-27(20-22-28)26-17-15-25(16-18-26)13-11-8-6-4-2/h19-21,23-26,28H,3-18,22H2,1-2H3/t25-,26-,28?. The van der Waals surface area contributed by atoms with Gasteiger partial charge in [-0.2, -0.15) is 0 Å². The number of hydrogen-bond acceptors (Lipinski definition) is 0. The molecule has 34 heavy (non-hydrogen) atoms. The Labute approximate surface area is 208 Å². The Bertz CT molecular complexity index is 759. The number of benzene rings is 1. The van der Waals surface area contributed by atoms with Crippen LogP contribution in [0.25, 0.3) is 0 Å². The summed E-state index contributed by atoms with van der Waals surface area (Å²) in [4.78, 5) is 0. The minimum absolute atomic E-state index is 0.0887. The highest BCUT2D eigenvalue weighted by molar-refractivity contribution is 5.36. The van der Waals surface area contributed by atoms with Crippen molar-refractivity contribution in [2.45, 2.75) is 129 Å². The van der Waals surface area contributed by atoms with Gasteiger partial charge in [-0.15, -0.1) is 0 Å². The van der Waals surface area contributed by atoms with E-state index in [9.17, 15) is 8.78 Å². The lowest BCUT2D eigenvalue weighted by atomic mass is 9.75. The van der Waals surface area contributed by atoms with E-state index in [2.05, 4.69) is 32.1 Å². The predicted molar refractivity (Wildman–Crippen MR) is 142 cm³/mol. The highest BCUT2D eigenvalue weighted by Crippen LogP contribution is 2.39. The van der Waals surface area contributed by atoms with E-state index in [-0.39, 0.29) is 23.1 Å². The third-order valence-electron chi connectivity index (χ3n) is 8.28. The van der Waals surface area contributed by atoms with E-state index in [1.807, 2.05) is 0 Å². The van der Waals surface area contributed by atoms with Crippen LogP contribution in [0, 0.1) is 23.5 Å². The van der Waals surface area contributed by atoms with Gasteiger partial charge in [0.05, 0.1) is 0 Å². The Kier molecular flexibility index (Phi) is 11.9. The second kappa shape index (κ2) is 14.8. The van der Waals surface area contributed by atoms with Gasteiger partial charge in [-0.1, -0.05) is 96.3 Å². The van der Waals surface area contributed by atoms with E-state index < -0.39 is 0 Å². The monoisotopic (exact) mass is 470 g/mol. The first-order chi connectivity index (χ1) is 16.6. The van der Waals surface area contributed by atoms with Gasteiger partial charge in [0.2, 0.25) is 0 Å². The fourth-order valence-corrected chi connectivity index (χ4v) is 5.99. The SMILES string of the molecule is CCCCCCCCc1c(F)cc(C2C=CC([C@H]3CC[C@H](CCCCCC)CC3)=CC2)cc1F. The lowest BCUT2D eigenvalue weighted by Gasteiger charge is -2.31. The Morgan fingerprint density at radius 1 is 0.765 bits per heavy atom. The van der Waals surface area contributed by atoms with E-state index in [1.165, 1.54) is 82.6 Å². The van der Waals surface area contributed by atoms with Crippen LogP contribution in [0.4, 0.5) is 8.78 Å². The molecule has 0 amide bonds. The van der Waals surface area contributed by atoms with Crippen LogP contribution in [0.15, 0.2) is 35.9 Å². The summed E-state index contributed by atoms with van der Waals surface area (Å²) in [6, 6.07) is 3.18. The van der Waals surface area contributed by atoms with Crippen molar-refractivity contribution in [3.8, 4) is 0 Å². The molecule has 0 heterocycles. The van der Waals surface area contributed by atoms with Crippen molar-refractivity contribution in [2.24, 2.45) is 11.8 Å². The molecule has 2 aliphatic carbocycles. The van der Waals surface area contributed by atoms with E-state index >= 15 is 0 Å². The molecular formula is C32H48F2. The summed E-state index contributed by atoms with van der Waals surface area (Å²) >= 11 is 0. The zero-order valence-electron chi connectivity index (χ0n) is 21.9. The normalized spacial score (nSPS) is 22.7. The largest absolute Gasteiger partial charge is 0.207 e. The maximum atomic E-state index is 14.8. The highest BCUT2D eigenvalue weighted by Gasteiger charge is 2.24. The van der Waals surface area contributed by atoms with Gasteiger partial charge >= 0.3 is 0 Å². The molecule has 0 nitrogen and oxygen atoms in total. The summed E-state index contributed by atoms with van der Waals surface area (Å²) in [5, 5.41) is 0. The van der Waals surface area contributed by atoms with E-state index in [4.69, 9.17) is 0 Å². The van der Waals surface area contributed by atoms with E-state index in [1.54, 1.807) is 12.1 Å². The van der Waals surface area contributed by atoms with Crippen LogP contribution >= 0.6 is 0 Å². The minimum Gasteiger partial charge on any atom is -0.207 e. The summed E-state index contributed by atoms with van der Waals surface area (Å²) in [7, 11) is 0. The predicted octanol–water partition coefficient (Wildman–Crippen LogP) is 10.6. The molecule has 0 aliphatic heterocycles. The average molecular weight is 471 g/mol. The molecule has 0 spiro atoms. The molecule has 1 fully saturated rings. The van der Waals surface area contributed by atoms with Crippen molar-refractivity contribution in [2.75, 3.05) is 0 Å². The second-order valence-electron chi connectivity index (χ2n) is 11.0. The molecule has 0 bridgehead atoms. The van der Waals surface area contributed by atoms with Crippen molar-refractivity contribution in [1.82, 2.24) is 0 Å². The minimum atomic E-state index is -0.357. The second-order valence-corrected chi connectivity index (χ2v) is 11.0. The Morgan fingerprint density at radius 3 is 2.00 bits per heavy atom. The molecule has 3 rings (SSSR count). The number of rotatable bonds is 14. The summed E-state index contributed by atoms with van der Waals surface area (Å²) in [6.45, 7) is 4.48. The molecular weight excluding hydrogens is 422 g/mol. The van der Waals surface area contributed by atoms with Gasteiger partial charge in [-0.05, 0) is 80.1 Å². The maximum absolute atomic E-state index is 14.8. The van der Waals surface area contributed by atoms with Gasteiger partial charge in [0.1, 0.15) is 11.6 Å². The van der Waals surface area contributed by atoms with Crippen molar-refractivity contribution in [1.29, 1.82) is 0 Å². The molecule has 190 valence electrons. The zero-order chi connectivity index (χ0) is 24.2. The van der Waals surface area contributed by atoms with Crippen molar-refractivity contribution < 1.29 is 8.78 Å². The number of unbranched alkanes of at least 4 members (excludes halogenated alkanes) is 8. The van der Waals surface area contributed by atoms with Crippen molar-refractivity contribution >= 4 is 0 Å². The Balaban J connectivity index is 1.45. The lowest BCUT2D eigenvalue weighted by molar-refractivity contribution is 0.283. The Hall–Kier alpha value is -1.44. The fraction of sp³-hybridized carbons (Fsp3) is 0.688. The lowest BCUT2D eigenvalue weighted by Crippen LogP contribution is -2.17. The molecule has 0 saturated heterocycles. The fourth-order valence-electron chi connectivity index (χ4n) is 5.99. The van der Waals surface area contributed by atoms with E-state index in [0.29, 0.717) is 12.3 Å². The van der Waals surface area contributed by atoms with Gasteiger partial charge in [0.25, 0.3) is 0 Å². The van der Waals surface area contributed by atoms with Crippen molar-refractivity contribution in [3.63, 3.8) is 0 Å². The van der Waals surface area contributed by atoms with Crippen LogP contribution in [0.3, 0.4) is 0 Å². The van der Waals surface area contributed by atoms with Crippen LogP contribution < -0.4 is 0 Å². The van der Waals surface area contributed by atoms with Crippen LogP contribution in [0.2, 0.25) is 0 Å². The first-order valence-electron chi connectivity index (χ1n) is 14.5.